The maximum Gasteiger partial charge on any atom is 0.223 e. The zero-order chi connectivity index (χ0) is 14.0. The molecule has 110 valence electrons. The molecule has 4 unspecified atom stereocenters. The standard InChI is InChI=1S/C15H28N2O2/c1-10-13(16)7-6-12(15(10,2)3)14(18)17-9-11-5-4-8-19-11/h10-13H,4-9,16H2,1-3H3,(H,17,18). The van der Waals surface area contributed by atoms with Crippen LogP contribution in [-0.2, 0) is 9.53 Å². The van der Waals surface area contributed by atoms with Gasteiger partial charge in [-0.1, -0.05) is 20.8 Å². The summed E-state index contributed by atoms with van der Waals surface area (Å²) in [5.74, 6) is 0.627. The van der Waals surface area contributed by atoms with E-state index in [4.69, 9.17) is 10.5 Å². The third-order valence-electron chi connectivity index (χ3n) is 5.35. The number of rotatable bonds is 3. The van der Waals surface area contributed by atoms with Crippen LogP contribution in [-0.4, -0.2) is 31.2 Å². The van der Waals surface area contributed by atoms with Gasteiger partial charge in [0.2, 0.25) is 5.91 Å². The van der Waals surface area contributed by atoms with Gasteiger partial charge in [0.05, 0.1) is 6.10 Å². The zero-order valence-electron chi connectivity index (χ0n) is 12.4. The van der Waals surface area contributed by atoms with Gasteiger partial charge in [-0.15, -0.1) is 0 Å². The second-order valence-corrected chi connectivity index (χ2v) is 6.78. The fourth-order valence-electron chi connectivity index (χ4n) is 3.46. The van der Waals surface area contributed by atoms with E-state index in [-0.39, 0.29) is 29.4 Å². The summed E-state index contributed by atoms with van der Waals surface area (Å²) in [6.45, 7) is 8.01. The molecule has 2 rings (SSSR count). The fourth-order valence-corrected chi connectivity index (χ4v) is 3.46. The van der Waals surface area contributed by atoms with E-state index in [2.05, 4.69) is 26.1 Å². The summed E-state index contributed by atoms with van der Waals surface area (Å²) in [4.78, 5) is 12.4. The smallest absolute Gasteiger partial charge is 0.223 e. The molecule has 4 heteroatoms. The Morgan fingerprint density at radius 1 is 1.37 bits per heavy atom. The van der Waals surface area contributed by atoms with E-state index in [1.807, 2.05) is 0 Å². The summed E-state index contributed by atoms with van der Waals surface area (Å²) in [6.07, 6.45) is 4.24. The van der Waals surface area contributed by atoms with Gasteiger partial charge >= 0.3 is 0 Å². The molecular weight excluding hydrogens is 240 g/mol. The number of ether oxygens (including phenoxy) is 1. The van der Waals surface area contributed by atoms with E-state index in [1.165, 1.54) is 0 Å². The largest absolute Gasteiger partial charge is 0.376 e. The summed E-state index contributed by atoms with van der Waals surface area (Å²) in [5, 5.41) is 3.08. The second kappa shape index (κ2) is 5.80. The zero-order valence-corrected chi connectivity index (χ0v) is 12.4. The van der Waals surface area contributed by atoms with Crippen LogP contribution in [0.4, 0.5) is 0 Å². The van der Waals surface area contributed by atoms with E-state index in [0.29, 0.717) is 12.5 Å². The molecule has 0 spiro atoms. The quantitative estimate of drug-likeness (QED) is 0.818. The molecule has 2 fully saturated rings. The van der Waals surface area contributed by atoms with Crippen molar-refractivity contribution in [2.45, 2.75) is 58.6 Å². The predicted molar refractivity (Wildman–Crippen MR) is 75.6 cm³/mol. The van der Waals surface area contributed by atoms with Gasteiger partial charge in [0, 0.05) is 25.1 Å². The molecular formula is C15H28N2O2. The van der Waals surface area contributed by atoms with E-state index >= 15 is 0 Å². The number of hydrogen-bond donors (Lipinski definition) is 2. The number of carbonyl (C=O) groups excluding carboxylic acids is 1. The van der Waals surface area contributed by atoms with E-state index in [1.54, 1.807) is 0 Å². The Kier molecular flexibility index (Phi) is 4.51. The molecule has 1 saturated heterocycles. The van der Waals surface area contributed by atoms with Gasteiger partial charge in [-0.3, -0.25) is 4.79 Å². The summed E-state index contributed by atoms with van der Waals surface area (Å²) in [5.41, 5.74) is 6.11. The topological polar surface area (TPSA) is 64.4 Å². The molecule has 3 N–H and O–H groups in total. The molecule has 1 saturated carbocycles. The highest BCUT2D eigenvalue weighted by Crippen LogP contribution is 2.44. The first kappa shape index (κ1) is 14.8. The van der Waals surface area contributed by atoms with E-state index in [9.17, 15) is 4.79 Å². The molecule has 0 aromatic carbocycles. The maximum absolute atomic E-state index is 12.4. The molecule has 1 amide bonds. The van der Waals surface area contributed by atoms with Crippen LogP contribution in [0.2, 0.25) is 0 Å². The third-order valence-corrected chi connectivity index (χ3v) is 5.35. The van der Waals surface area contributed by atoms with Crippen molar-refractivity contribution in [2.75, 3.05) is 13.2 Å². The Hall–Kier alpha value is -0.610. The monoisotopic (exact) mass is 268 g/mol. The van der Waals surface area contributed by atoms with Crippen LogP contribution in [0, 0.1) is 17.3 Å². The third kappa shape index (κ3) is 3.11. The van der Waals surface area contributed by atoms with Gasteiger partial charge in [-0.25, -0.2) is 0 Å². The van der Waals surface area contributed by atoms with Crippen molar-refractivity contribution in [1.29, 1.82) is 0 Å². The highest BCUT2D eigenvalue weighted by molar-refractivity contribution is 5.79. The van der Waals surface area contributed by atoms with Crippen molar-refractivity contribution in [2.24, 2.45) is 23.0 Å². The molecule has 0 aromatic heterocycles. The van der Waals surface area contributed by atoms with Crippen LogP contribution < -0.4 is 11.1 Å². The van der Waals surface area contributed by atoms with Crippen molar-refractivity contribution >= 4 is 5.91 Å². The van der Waals surface area contributed by atoms with Crippen LogP contribution in [0.15, 0.2) is 0 Å². The Morgan fingerprint density at radius 3 is 2.74 bits per heavy atom. The maximum atomic E-state index is 12.4. The van der Waals surface area contributed by atoms with Crippen LogP contribution >= 0.6 is 0 Å². The Balaban J connectivity index is 1.90. The molecule has 0 bridgehead atoms. The minimum Gasteiger partial charge on any atom is -0.376 e. The summed E-state index contributed by atoms with van der Waals surface area (Å²) in [7, 11) is 0. The first-order valence-corrected chi connectivity index (χ1v) is 7.58. The minimum absolute atomic E-state index is 0.0295. The lowest BCUT2D eigenvalue weighted by atomic mass is 9.61. The Morgan fingerprint density at radius 2 is 2.11 bits per heavy atom. The van der Waals surface area contributed by atoms with Gasteiger partial charge in [0.25, 0.3) is 0 Å². The van der Waals surface area contributed by atoms with Crippen LogP contribution in [0.5, 0.6) is 0 Å². The average Bonchev–Trinajstić information content (AvgIpc) is 2.86. The van der Waals surface area contributed by atoms with Gasteiger partial charge in [0.15, 0.2) is 0 Å². The van der Waals surface area contributed by atoms with Gasteiger partial charge in [0.1, 0.15) is 0 Å². The average molecular weight is 268 g/mol. The van der Waals surface area contributed by atoms with Crippen molar-refractivity contribution in [3.05, 3.63) is 0 Å². The molecule has 1 heterocycles. The van der Waals surface area contributed by atoms with Crippen molar-refractivity contribution in [3.63, 3.8) is 0 Å². The molecule has 19 heavy (non-hydrogen) atoms. The van der Waals surface area contributed by atoms with Crippen molar-refractivity contribution in [1.82, 2.24) is 5.32 Å². The first-order valence-electron chi connectivity index (χ1n) is 7.58. The first-order chi connectivity index (χ1) is 8.93. The normalized spacial score (nSPS) is 38.1. The predicted octanol–water partition coefficient (Wildman–Crippen LogP) is 1.68. The summed E-state index contributed by atoms with van der Waals surface area (Å²) in [6, 6.07) is 0.220. The van der Waals surface area contributed by atoms with Crippen LogP contribution in [0.25, 0.3) is 0 Å². The number of hydrogen-bond acceptors (Lipinski definition) is 3. The number of carbonyl (C=O) groups is 1. The number of nitrogens with two attached hydrogens (primary N) is 1. The van der Waals surface area contributed by atoms with Gasteiger partial charge in [-0.05, 0) is 37.0 Å². The summed E-state index contributed by atoms with van der Waals surface area (Å²) >= 11 is 0. The van der Waals surface area contributed by atoms with Crippen LogP contribution in [0.3, 0.4) is 0 Å². The lowest BCUT2D eigenvalue weighted by Gasteiger charge is -2.46. The van der Waals surface area contributed by atoms with Crippen molar-refractivity contribution < 1.29 is 9.53 Å². The van der Waals surface area contributed by atoms with Gasteiger partial charge < -0.3 is 15.8 Å². The lowest BCUT2D eigenvalue weighted by molar-refractivity contribution is -0.133. The van der Waals surface area contributed by atoms with E-state index < -0.39 is 0 Å². The number of amides is 1. The summed E-state index contributed by atoms with van der Waals surface area (Å²) < 4.78 is 5.55. The minimum atomic E-state index is -0.0295. The second-order valence-electron chi connectivity index (χ2n) is 6.78. The molecule has 1 aliphatic carbocycles. The highest BCUT2D eigenvalue weighted by atomic mass is 16.5. The van der Waals surface area contributed by atoms with Crippen LogP contribution in [0.1, 0.15) is 46.5 Å². The molecule has 4 atom stereocenters. The molecule has 0 radical (unpaired) electrons. The van der Waals surface area contributed by atoms with Gasteiger partial charge in [-0.2, -0.15) is 0 Å². The molecule has 4 nitrogen and oxygen atoms in total. The molecule has 2 aliphatic rings. The van der Waals surface area contributed by atoms with Crippen molar-refractivity contribution in [3.8, 4) is 0 Å². The lowest BCUT2D eigenvalue weighted by Crippen LogP contribution is -2.52. The molecule has 1 aliphatic heterocycles. The fraction of sp³-hybridized carbons (Fsp3) is 0.933. The number of nitrogens with one attached hydrogen (secondary N) is 1. The SMILES string of the molecule is CC1C(N)CCC(C(=O)NCC2CCCO2)C1(C)C. The Bertz CT molecular complexity index is 324. The highest BCUT2D eigenvalue weighted by Gasteiger charge is 2.44. The Labute approximate surface area is 116 Å². The van der Waals surface area contributed by atoms with E-state index in [0.717, 1.165) is 32.3 Å². The molecule has 0 aromatic rings.